The van der Waals surface area contributed by atoms with Gasteiger partial charge in [-0.1, -0.05) is 13.3 Å². The van der Waals surface area contributed by atoms with E-state index in [1.54, 1.807) is 18.2 Å². The highest BCUT2D eigenvalue weighted by atomic mass is 79.9. The summed E-state index contributed by atoms with van der Waals surface area (Å²) < 4.78 is 10.9. The van der Waals surface area contributed by atoms with Gasteiger partial charge in [-0.3, -0.25) is 4.79 Å². The van der Waals surface area contributed by atoms with Gasteiger partial charge in [-0.2, -0.15) is 0 Å². The molecule has 0 aliphatic rings. The molecule has 1 aromatic carbocycles. The molecule has 0 heterocycles. The van der Waals surface area contributed by atoms with Crippen molar-refractivity contribution in [1.29, 1.82) is 0 Å². The Morgan fingerprint density at radius 3 is 2.83 bits per heavy atom. The van der Waals surface area contributed by atoms with Crippen LogP contribution in [0.3, 0.4) is 0 Å². The quantitative estimate of drug-likeness (QED) is 0.441. The molecule has 98 valence electrons. The minimum atomic E-state index is -0.394. The van der Waals surface area contributed by atoms with Crippen molar-refractivity contribution in [2.75, 3.05) is 13.2 Å². The number of hydrogen-bond donors (Lipinski definition) is 0. The molecule has 5 heteroatoms. The Kier molecular flexibility index (Phi) is 6.43. The topological polar surface area (TPSA) is 52.6 Å². The zero-order valence-corrected chi connectivity index (χ0v) is 11.7. The highest BCUT2D eigenvalue weighted by Gasteiger charge is 2.07. The van der Waals surface area contributed by atoms with Crippen LogP contribution in [0.2, 0.25) is 0 Å². The van der Waals surface area contributed by atoms with E-state index in [0.717, 1.165) is 19.1 Å². The number of esters is 1. The molecule has 0 aliphatic heterocycles. The number of hydrogen-bond acceptors (Lipinski definition) is 4. The van der Waals surface area contributed by atoms with Crippen molar-refractivity contribution in [2.24, 2.45) is 0 Å². The highest BCUT2D eigenvalue weighted by Crippen LogP contribution is 2.25. The third-order valence-electron chi connectivity index (χ3n) is 2.20. The fourth-order valence-corrected chi connectivity index (χ4v) is 1.73. The Morgan fingerprint density at radius 1 is 1.44 bits per heavy atom. The number of aldehydes is 1. The zero-order chi connectivity index (χ0) is 13.4. The van der Waals surface area contributed by atoms with Crippen LogP contribution in [-0.4, -0.2) is 25.5 Å². The van der Waals surface area contributed by atoms with Gasteiger partial charge in [0.1, 0.15) is 12.0 Å². The predicted molar refractivity (Wildman–Crippen MR) is 70.9 cm³/mol. The normalized spacial score (nSPS) is 9.89. The maximum atomic E-state index is 11.3. The van der Waals surface area contributed by atoms with Crippen LogP contribution in [0.5, 0.6) is 5.75 Å². The van der Waals surface area contributed by atoms with Crippen LogP contribution >= 0.6 is 15.9 Å². The lowest BCUT2D eigenvalue weighted by molar-refractivity contribution is -0.146. The molecule has 0 unspecified atom stereocenters. The molecule has 0 saturated carbocycles. The van der Waals surface area contributed by atoms with Gasteiger partial charge in [0.05, 0.1) is 11.1 Å². The average Bonchev–Trinajstić information content (AvgIpc) is 2.37. The molecule has 0 N–H and O–H groups in total. The van der Waals surface area contributed by atoms with E-state index in [-0.39, 0.29) is 6.61 Å². The standard InChI is InChI=1S/C13H15BrO4/c1-2-3-6-17-13(16)9-18-12-5-4-10(8-15)7-11(12)14/h4-5,7-8H,2-3,6,9H2,1H3. The number of benzene rings is 1. The Bertz CT molecular complexity index is 417. The summed E-state index contributed by atoms with van der Waals surface area (Å²) in [7, 11) is 0. The second-order valence-electron chi connectivity index (χ2n) is 3.67. The number of unbranched alkanes of at least 4 members (excludes halogenated alkanes) is 1. The molecule has 0 atom stereocenters. The van der Waals surface area contributed by atoms with Gasteiger partial charge >= 0.3 is 5.97 Å². The predicted octanol–water partition coefficient (Wildman–Crippen LogP) is 2.98. The van der Waals surface area contributed by atoms with Crippen molar-refractivity contribution in [2.45, 2.75) is 19.8 Å². The molecule has 0 spiro atoms. The Balaban J connectivity index is 2.43. The summed E-state index contributed by atoms with van der Waals surface area (Å²) >= 11 is 3.27. The second kappa shape index (κ2) is 7.87. The van der Waals surface area contributed by atoms with Crippen LogP contribution < -0.4 is 4.74 Å². The highest BCUT2D eigenvalue weighted by molar-refractivity contribution is 9.10. The molecule has 4 nitrogen and oxygen atoms in total. The van der Waals surface area contributed by atoms with E-state index in [1.165, 1.54) is 0 Å². The fraction of sp³-hybridized carbons (Fsp3) is 0.385. The van der Waals surface area contributed by atoms with E-state index in [2.05, 4.69) is 15.9 Å². The molecule has 0 saturated heterocycles. The number of halogens is 1. The smallest absolute Gasteiger partial charge is 0.344 e. The van der Waals surface area contributed by atoms with Crippen LogP contribution in [0.4, 0.5) is 0 Å². The van der Waals surface area contributed by atoms with Crippen LogP contribution in [-0.2, 0) is 9.53 Å². The lowest BCUT2D eigenvalue weighted by Crippen LogP contribution is -2.15. The summed E-state index contributed by atoms with van der Waals surface area (Å²) in [6.45, 7) is 2.31. The van der Waals surface area contributed by atoms with Crippen molar-refractivity contribution in [3.63, 3.8) is 0 Å². The molecule has 0 bridgehead atoms. The molecule has 1 aromatic rings. The van der Waals surface area contributed by atoms with Gasteiger partial charge in [0.2, 0.25) is 0 Å². The Morgan fingerprint density at radius 2 is 2.22 bits per heavy atom. The molecular formula is C13H15BrO4. The summed E-state index contributed by atoms with van der Waals surface area (Å²) in [6, 6.07) is 4.88. The van der Waals surface area contributed by atoms with Gasteiger partial charge in [0, 0.05) is 5.56 Å². The number of carbonyl (C=O) groups is 2. The third kappa shape index (κ3) is 4.87. The molecule has 1 rings (SSSR count). The van der Waals surface area contributed by atoms with Crippen LogP contribution in [0.15, 0.2) is 22.7 Å². The van der Waals surface area contributed by atoms with Crippen molar-refractivity contribution < 1.29 is 19.1 Å². The molecule has 18 heavy (non-hydrogen) atoms. The van der Waals surface area contributed by atoms with E-state index in [1.807, 2.05) is 6.92 Å². The first-order valence-electron chi connectivity index (χ1n) is 5.70. The molecular weight excluding hydrogens is 300 g/mol. The van der Waals surface area contributed by atoms with Gasteiger partial charge in [-0.05, 0) is 40.5 Å². The SMILES string of the molecule is CCCCOC(=O)COc1ccc(C=O)cc1Br. The van der Waals surface area contributed by atoms with Crippen molar-refractivity contribution in [3.8, 4) is 5.75 Å². The summed E-state index contributed by atoms with van der Waals surface area (Å²) in [6.07, 6.45) is 2.57. The van der Waals surface area contributed by atoms with E-state index in [9.17, 15) is 9.59 Å². The number of carbonyl (C=O) groups excluding carboxylic acids is 2. The first-order valence-corrected chi connectivity index (χ1v) is 6.49. The second-order valence-corrected chi connectivity index (χ2v) is 4.52. The van der Waals surface area contributed by atoms with Crippen molar-refractivity contribution >= 4 is 28.2 Å². The van der Waals surface area contributed by atoms with Crippen molar-refractivity contribution in [1.82, 2.24) is 0 Å². The summed E-state index contributed by atoms with van der Waals surface area (Å²) in [5.41, 5.74) is 0.541. The van der Waals surface area contributed by atoms with Gasteiger partial charge in [0.25, 0.3) is 0 Å². The van der Waals surface area contributed by atoms with Gasteiger partial charge in [-0.15, -0.1) is 0 Å². The Hall–Kier alpha value is -1.36. The largest absolute Gasteiger partial charge is 0.481 e. The third-order valence-corrected chi connectivity index (χ3v) is 2.82. The molecule has 0 aliphatic carbocycles. The van der Waals surface area contributed by atoms with Crippen LogP contribution in [0.25, 0.3) is 0 Å². The van der Waals surface area contributed by atoms with E-state index < -0.39 is 5.97 Å². The summed E-state index contributed by atoms with van der Waals surface area (Å²) in [5.74, 6) is 0.114. The minimum Gasteiger partial charge on any atom is -0.481 e. The molecule has 0 fully saturated rings. The first kappa shape index (κ1) is 14.7. The van der Waals surface area contributed by atoms with Crippen LogP contribution in [0.1, 0.15) is 30.1 Å². The molecule has 0 amide bonds. The van der Waals surface area contributed by atoms with Gasteiger partial charge < -0.3 is 9.47 Å². The van der Waals surface area contributed by atoms with Crippen molar-refractivity contribution in [3.05, 3.63) is 28.2 Å². The zero-order valence-electron chi connectivity index (χ0n) is 10.1. The maximum Gasteiger partial charge on any atom is 0.344 e. The van der Waals surface area contributed by atoms with E-state index in [0.29, 0.717) is 22.4 Å². The molecule has 0 aromatic heterocycles. The molecule has 0 radical (unpaired) electrons. The summed E-state index contributed by atoms with van der Waals surface area (Å²) in [5, 5.41) is 0. The average molecular weight is 315 g/mol. The number of ether oxygens (including phenoxy) is 2. The summed E-state index contributed by atoms with van der Waals surface area (Å²) in [4.78, 5) is 21.9. The lowest BCUT2D eigenvalue weighted by Gasteiger charge is -2.08. The lowest BCUT2D eigenvalue weighted by atomic mass is 10.2. The van der Waals surface area contributed by atoms with Gasteiger partial charge in [0.15, 0.2) is 6.61 Å². The van der Waals surface area contributed by atoms with Crippen LogP contribution in [0, 0.1) is 0 Å². The number of rotatable bonds is 7. The fourth-order valence-electron chi connectivity index (χ4n) is 1.22. The van der Waals surface area contributed by atoms with E-state index in [4.69, 9.17) is 9.47 Å². The van der Waals surface area contributed by atoms with E-state index >= 15 is 0 Å². The minimum absolute atomic E-state index is 0.136. The maximum absolute atomic E-state index is 11.3. The Labute approximate surface area is 114 Å². The van der Waals surface area contributed by atoms with Gasteiger partial charge in [-0.25, -0.2) is 4.79 Å². The monoisotopic (exact) mass is 314 g/mol. The first-order chi connectivity index (χ1) is 8.67.